The van der Waals surface area contributed by atoms with Gasteiger partial charge in [0.15, 0.2) is 0 Å². The zero-order valence-electron chi connectivity index (χ0n) is 12.1. The van der Waals surface area contributed by atoms with Crippen molar-refractivity contribution >= 4 is 5.97 Å². The van der Waals surface area contributed by atoms with Gasteiger partial charge in [0.2, 0.25) is 0 Å². The lowest BCUT2D eigenvalue weighted by Gasteiger charge is -2.31. The summed E-state index contributed by atoms with van der Waals surface area (Å²) < 4.78 is 0. The Balaban J connectivity index is 1.96. The van der Waals surface area contributed by atoms with E-state index in [-0.39, 0.29) is 12.0 Å². The number of carboxylic acids is 1. The Kier molecular flexibility index (Phi) is 5.15. The predicted octanol–water partition coefficient (Wildman–Crippen LogP) is 2.11. The van der Waals surface area contributed by atoms with E-state index >= 15 is 0 Å². The average Bonchev–Trinajstić information content (AvgIpc) is 2.63. The van der Waals surface area contributed by atoms with Gasteiger partial charge in [-0.05, 0) is 38.4 Å². The molecule has 0 bridgehead atoms. The largest absolute Gasteiger partial charge is 0.481 e. The van der Waals surface area contributed by atoms with Crippen LogP contribution in [0.1, 0.15) is 31.2 Å². The van der Waals surface area contributed by atoms with Gasteiger partial charge in [-0.15, -0.1) is 0 Å². The van der Waals surface area contributed by atoms with E-state index in [9.17, 15) is 4.79 Å². The molecule has 20 heavy (non-hydrogen) atoms. The minimum absolute atomic E-state index is 0.211. The van der Waals surface area contributed by atoms with Crippen molar-refractivity contribution in [1.82, 2.24) is 10.2 Å². The summed E-state index contributed by atoms with van der Waals surface area (Å²) >= 11 is 0. The molecule has 1 aromatic carbocycles. The molecule has 0 aromatic heterocycles. The van der Waals surface area contributed by atoms with Gasteiger partial charge in [-0.2, -0.15) is 0 Å². The van der Waals surface area contributed by atoms with Crippen LogP contribution in [0.3, 0.4) is 0 Å². The van der Waals surface area contributed by atoms with Crippen molar-refractivity contribution in [3.05, 3.63) is 35.9 Å². The van der Waals surface area contributed by atoms with Crippen LogP contribution >= 0.6 is 0 Å². The molecule has 2 N–H and O–H groups in total. The molecule has 2 rings (SSSR count). The quantitative estimate of drug-likeness (QED) is 0.865. The zero-order chi connectivity index (χ0) is 14.4. The second kappa shape index (κ2) is 6.86. The molecule has 1 aliphatic rings. The van der Waals surface area contributed by atoms with Crippen molar-refractivity contribution in [1.29, 1.82) is 0 Å². The number of hydrogen-bond donors (Lipinski definition) is 2. The van der Waals surface area contributed by atoms with Crippen molar-refractivity contribution in [3.8, 4) is 0 Å². The van der Waals surface area contributed by atoms with Crippen LogP contribution in [0.5, 0.6) is 0 Å². The van der Waals surface area contributed by atoms with E-state index in [4.69, 9.17) is 5.11 Å². The molecule has 4 nitrogen and oxygen atoms in total. The smallest absolute Gasteiger partial charge is 0.305 e. The molecule has 1 atom stereocenters. The summed E-state index contributed by atoms with van der Waals surface area (Å²) in [6.07, 6.45) is 3.08. The Hall–Kier alpha value is -1.39. The van der Waals surface area contributed by atoms with Crippen molar-refractivity contribution in [2.24, 2.45) is 0 Å². The van der Waals surface area contributed by atoms with Crippen molar-refractivity contribution < 1.29 is 9.90 Å². The minimum Gasteiger partial charge on any atom is -0.481 e. The Labute approximate surface area is 120 Å². The van der Waals surface area contributed by atoms with Crippen LogP contribution in [0.4, 0.5) is 0 Å². The molecule has 1 aromatic rings. The minimum atomic E-state index is -0.712. The number of nitrogens with zero attached hydrogens (tertiary/aromatic N) is 1. The lowest BCUT2D eigenvalue weighted by Crippen LogP contribution is -2.45. The van der Waals surface area contributed by atoms with E-state index in [0.717, 1.165) is 38.9 Å². The lowest BCUT2D eigenvalue weighted by molar-refractivity contribution is -0.138. The summed E-state index contributed by atoms with van der Waals surface area (Å²) in [6.45, 7) is 2.94. The van der Waals surface area contributed by atoms with Crippen LogP contribution in [0, 0.1) is 0 Å². The van der Waals surface area contributed by atoms with E-state index in [1.807, 2.05) is 13.1 Å². The number of likely N-dealkylation sites (tertiary alicyclic amines) is 1. The highest BCUT2D eigenvalue weighted by molar-refractivity contribution is 5.68. The molecule has 0 saturated carbocycles. The normalized spacial score (nSPS) is 24.2. The standard InChI is InChI=1S/C16H24N2O2/c1-17-16(12-15(19)20)8-5-10-18(11-9-16)13-14-6-3-2-4-7-14/h2-4,6-7,17H,5,8-13H2,1H3,(H,19,20). The van der Waals surface area contributed by atoms with E-state index in [1.54, 1.807) is 0 Å². The summed E-state index contributed by atoms with van der Waals surface area (Å²) in [5.41, 5.74) is 1.08. The van der Waals surface area contributed by atoms with E-state index in [1.165, 1.54) is 5.56 Å². The maximum absolute atomic E-state index is 11.1. The third-order valence-electron chi connectivity index (χ3n) is 4.31. The highest BCUT2D eigenvalue weighted by Gasteiger charge is 2.33. The molecular formula is C16H24N2O2. The molecule has 0 aliphatic carbocycles. The maximum atomic E-state index is 11.1. The molecule has 0 spiro atoms. The van der Waals surface area contributed by atoms with Crippen molar-refractivity contribution in [2.75, 3.05) is 20.1 Å². The fourth-order valence-electron chi connectivity index (χ4n) is 3.05. The van der Waals surface area contributed by atoms with Gasteiger partial charge in [-0.1, -0.05) is 30.3 Å². The molecule has 0 amide bonds. The maximum Gasteiger partial charge on any atom is 0.305 e. The van der Waals surface area contributed by atoms with E-state index < -0.39 is 5.97 Å². The molecule has 1 aliphatic heterocycles. The van der Waals surface area contributed by atoms with Gasteiger partial charge >= 0.3 is 5.97 Å². The number of nitrogens with one attached hydrogen (secondary N) is 1. The third kappa shape index (κ3) is 4.05. The molecule has 4 heteroatoms. The Morgan fingerprint density at radius 3 is 2.70 bits per heavy atom. The van der Waals surface area contributed by atoms with Crippen LogP contribution in [0.25, 0.3) is 0 Å². The molecule has 1 unspecified atom stereocenters. The number of rotatable bonds is 5. The highest BCUT2D eigenvalue weighted by atomic mass is 16.4. The topological polar surface area (TPSA) is 52.6 Å². The first kappa shape index (κ1) is 15.0. The van der Waals surface area contributed by atoms with Gasteiger partial charge in [0.25, 0.3) is 0 Å². The predicted molar refractivity (Wildman–Crippen MR) is 79.6 cm³/mol. The molecule has 1 saturated heterocycles. The second-order valence-corrected chi connectivity index (χ2v) is 5.72. The SMILES string of the molecule is CNC1(CC(=O)O)CCCN(Cc2ccccc2)CC1. The zero-order valence-corrected chi connectivity index (χ0v) is 12.1. The van der Waals surface area contributed by atoms with Crippen LogP contribution < -0.4 is 5.32 Å². The van der Waals surface area contributed by atoms with Crippen molar-refractivity contribution in [2.45, 2.75) is 37.8 Å². The Morgan fingerprint density at radius 2 is 2.05 bits per heavy atom. The summed E-state index contributed by atoms with van der Waals surface area (Å²) in [7, 11) is 1.88. The van der Waals surface area contributed by atoms with Gasteiger partial charge in [0, 0.05) is 18.6 Å². The number of hydrogen-bond acceptors (Lipinski definition) is 3. The highest BCUT2D eigenvalue weighted by Crippen LogP contribution is 2.26. The average molecular weight is 276 g/mol. The van der Waals surface area contributed by atoms with E-state index in [0.29, 0.717) is 0 Å². The van der Waals surface area contributed by atoms with Gasteiger partial charge in [0.1, 0.15) is 0 Å². The van der Waals surface area contributed by atoms with Crippen LogP contribution in [-0.4, -0.2) is 41.7 Å². The molecular weight excluding hydrogens is 252 g/mol. The molecule has 1 heterocycles. The van der Waals surface area contributed by atoms with Gasteiger partial charge in [0.05, 0.1) is 6.42 Å². The summed E-state index contributed by atoms with van der Waals surface area (Å²) in [5, 5.41) is 12.4. The van der Waals surface area contributed by atoms with Crippen LogP contribution in [-0.2, 0) is 11.3 Å². The van der Waals surface area contributed by atoms with Gasteiger partial charge in [-0.3, -0.25) is 9.69 Å². The fraction of sp³-hybridized carbons (Fsp3) is 0.562. The van der Waals surface area contributed by atoms with Crippen LogP contribution in [0.15, 0.2) is 30.3 Å². The first-order valence-corrected chi connectivity index (χ1v) is 7.30. The monoisotopic (exact) mass is 276 g/mol. The van der Waals surface area contributed by atoms with Crippen LogP contribution in [0.2, 0.25) is 0 Å². The molecule has 110 valence electrons. The molecule has 0 radical (unpaired) electrons. The van der Waals surface area contributed by atoms with Gasteiger partial charge < -0.3 is 10.4 Å². The second-order valence-electron chi connectivity index (χ2n) is 5.72. The summed E-state index contributed by atoms with van der Waals surface area (Å²) in [6, 6.07) is 10.5. The Bertz CT molecular complexity index is 435. The fourth-order valence-corrected chi connectivity index (χ4v) is 3.05. The number of carbonyl (C=O) groups is 1. The molecule has 1 fully saturated rings. The lowest BCUT2D eigenvalue weighted by atomic mass is 9.87. The first-order chi connectivity index (χ1) is 9.63. The van der Waals surface area contributed by atoms with E-state index in [2.05, 4.69) is 34.5 Å². The van der Waals surface area contributed by atoms with Crippen molar-refractivity contribution in [3.63, 3.8) is 0 Å². The number of aliphatic carboxylic acids is 1. The first-order valence-electron chi connectivity index (χ1n) is 7.30. The summed E-state index contributed by atoms with van der Waals surface area (Å²) in [5.74, 6) is -0.712. The summed E-state index contributed by atoms with van der Waals surface area (Å²) in [4.78, 5) is 13.5. The third-order valence-corrected chi connectivity index (χ3v) is 4.31. The number of carboxylic acid groups (broad SMARTS) is 1. The Morgan fingerprint density at radius 1 is 1.30 bits per heavy atom. The number of benzene rings is 1. The van der Waals surface area contributed by atoms with Gasteiger partial charge in [-0.25, -0.2) is 0 Å².